The lowest BCUT2D eigenvalue weighted by atomic mass is 10.2. The Morgan fingerprint density at radius 3 is 2.50 bits per heavy atom. The van der Waals surface area contributed by atoms with Crippen LogP contribution in [-0.2, 0) is 24.7 Å². The smallest absolute Gasteiger partial charge is 0.244 e. The molecular formula is C13H18N2O7S2. The molecule has 0 radical (unpaired) electrons. The first-order chi connectivity index (χ1) is 11.0. The number of aliphatic hydroxyl groups excluding tert-OH is 1. The van der Waals surface area contributed by atoms with E-state index >= 15 is 0 Å². The number of nitrogens with one attached hydrogen (secondary N) is 2. The second-order valence-corrected chi connectivity index (χ2v) is 9.26. The molecule has 9 nitrogen and oxygen atoms in total. The van der Waals surface area contributed by atoms with E-state index in [1.165, 1.54) is 32.2 Å². The van der Waals surface area contributed by atoms with Crippen LogP contribution in [0.3, 0.4) is 0 Å². The Bertz CT molecular complexity index is 849. The molecule has 1 aliphatic rings. The van der Waals surface area contributed by atoms with Gasteiger partial charge in [-0.3, -0.25) is 4.79 Å². The van der Waals surface area contributed by atoms with Gasteiger partial charge in [-0.1, -0.05) is 0 Å². The number of amides is 1. The van der Waals surface area contributed by atoms with E-state index in [0.717, 1.165) is 0 Å². The fraction of sp³-hybridized carbons (Fsp3) is 0.462. The van der Waals surface area contributed by atoms with Crippen molar-refractivity contribution in [3.63, 3.8) is 0 Å². The van der Waals surface area contributed by atoms with Gasteiger partial charge in [-0.05, 0) is 18.2 Å². The molecule has 0 spiro atoms. The third kappa shape index (κ3) is 4.23. The first-order valence-corrected chi connectivity index (χ1v) is 10.2. The number of sulfonamides is 1. The van der Waals surface area contributed by atoms with Gasteiger partial charge < -0.3 is 15.2 Å². The second-order valence-electron chi connectivity index (χ2n) is 5.42. The molecule has 1 saturated heterocycles. The third-order valence-electron chi connectivity index (χ3n) is 3.40. The lowest BCUT2D eigenvalue weighted by Crippen LogP contribution is -2.42. The molecule has 2 atom stereocenters. The SMILES string of the molecule is COc1ccc(NC(C)=O)cc1S(=O)(=O)N[C@H]1CS(=O)(=O)C[C@H]1O. The van der Waals surface area contributed by atoms with Crippen LogP contribution in [0.2, 0.25) is 0 Å². The summed E-state index contributed by atoms with van der Waals surface area (Å²) in [6, 6.07) is 2.88. The third-order valence-corrected chi connectivity index (χ3v) is 6.63. The van der Waals surface area contributed by atoms with Crippen LogP contribution in [0.1, 0.15) is 6.92 Å². The van der Waals surface area contributed by atoms with Gasteiger partial charge in [-0.25, -0.2) is 21.6 Å². The molecule has 0 aromatic heterocycles. The first-order valence-electron chi connectivity index (χ1n) is 6.90. The molecule has 134 valence electrons. The number of hydrogen-bond acceptors (Lipinski definition) is 7. The van der Waals surface area contributed by atoms with Crippen LogP contribution in [0.15, 0.2) is 23.1 Å². The van der Waals surface area contributed by atoms with Crippen LogP contribution < -0.4 is 14.8 Å². The summed E-state index contributed by atoms with van der Waals surface area (Å²) < 4.78 is 55.3. The molecule has 0 saturated carbocycles. The zero-order valence-corrected chi connectivity index (χ0v) is 14.6. The van der Waals surface area contributed by atoms with Gasteiger partial charge in [0, 0.05) is 12.6 Å². The van der Waals surface area contributed by atoms with Crippen molar-refractivity contribution in [2.24, 2.45) is 0 Å². The summed E-state index contributed by atoms with van der Waals surface area (Å²) in [5.41, 5.74) is 0.239. The number of aliphatic hydroxyl groups is 1. The van der Waals surface area contributed by atoms with Crippen molar-refractivity contribution < 1.29 is 31.5 Å². The largest absolute Gasteiger partial charge is 0.495 e. The zero-order chi connectivity index (χ0) is 18.1. The van der Waals surface area contributed by atoms with Gasteiger partial charge in [0.1, 0.15) is 10.6 Å². The van der Waals surface area contributed by atoms with Gasteiger partial charge in [-0.15, -0.1) is 0 Å². The van der Waals surface area contributed by atoms with Crippen LogP contribution in [0, 0.1) is 0 Å². The number of carbonyl (C=O) groups is 1. The minimum absolute atomic E-state index is 0.0203. The summed E-state index contributed by atoms with van der Waals surface area (Å²) in [5, 5.41) is 12.2. The average molecular weight is 378 g/mol. The van der Waals surface area contributed by atoms with Crippen LogP contribution >= 0.6 is 0 Å². The van der Waals surface area contributed by atoms with E-state index < -0.39 is 43.5 Å². The summed E-state index contributed by atoms with van der Waals surface area (Å²) in [4.78, 5) is 10.8. The molecular weight excluding hydrogens is 360 g/mol. The van der Waals surface area contributed by atoms with Crippen molar-refractivity contribution in [1.82, 2.24) is 4.72 Å². The molecule has 0 bridgehead atoms. The van der Waals surface area contributed by atoms with Crippen molar-refractivity contribution in [3.05, 3.63) is 18.2 Å². The highest BCUT2D eigenvalue weighted by Crippen LogP contribution is 2.28. The van der Waals surface area contributed by atoms with Crippen molar-refractivity contribution in [2.45, 2.75) is 24.0 Å². The number of ether oxygens (including phenoxy) is 1. The molecule has 0 aliphatic carbocycles. The summed E-state index contributed by atoms with van der Waals surface area (Å²) in [6.45, 7) is 1.27. The molecule has 1 fully saturated rings. The molecule has 1 aromatic carbocycles. The van der Waals surface area contributed by atoms with Crippen LogP contribution in [0.5, 0.6) is 5.75 Å². The van der Waals surface area contributed by atoms with Crippen molar-refractivity contribution >= 4 is 31.5 Å². The average Bonchev–Trinajstić information content (AvgIpc) is 2.69. The van der Waals surface area contributed by atoms with Gasteiger partial charge in [0.25, 0.3) is 0 Å². The summed E-state index contributed by atoms with van der Waals surface area (Å²) in [5.74, 6) is -1.34. The van der Waals surface area contributed by atoms with Crippen molar-refractivity contribution in [1.29, 1.82) is 0 Å². The minimum Gasteiger partial charge on any atom is -0.495 e. The van der Waals surface area contributed by atoms with E-state index in [1.54, 1.807) is 0 Å². The van der Waals surface area contributed by atoms with E-state index in [-0.39, 0.29) is 22.2 Å². The van der Waals surface area contributed by atoms with Crippen LogP contribution in [0.4, 0.5) is 5.69 Å². The summed E-state index contributed by atoms with van der Waals surface area (Å²) in [6.07, 6.45) is -1.32. The molecule has 1 aliphatic heterocycles. The molecule has 2 rings (SSSR count). The molecule has 1 aromatic rings. The quantitative estimate of drug-likeness (QED) is 0.603. The molecule has 1 amide bonds. The number of sulfone groups is 1. The highest BCUT2D eigenvalue weighted by molar-refractivity contribution is 7.92. The maximum absolute atomic E-state index is 12.6. The Morgan fingerprint density at radius 2 is 2.00 bits per heavy atom. The lowest BCUT2D eigenvalue weighted by Gasteiger charge is -2.17. The molecule has 1 heterocycles. The lowest BCUT2D eigenvalue weighted by molar-refractivity contribution is -0.114. The predicted octanol–water partition coefficient (Wildman–Crippen LogP) is -0.910. The topological polar surface area (TPSA) is 139 Å². The van der Waals surface area contributed by atoms with Crippen LogP contribution in [0.25, 0.3) is 0 Å². The van der Waals surface area contributed by atoms with Crippen molar-refractivity contribution in [3.8, 4) is 5.75 Å². The number of methoxy groups -OCH3 is 1. The fourth-order valence-corrected chi connectivity index (χ4v) is 5.68. The number of rotatable bonds is 5. The van der Waals surface area contributed by atoms with E-state index in [1.807, 2.05) is 0 Å². The second kappa shape index (κ2) is 6.67. The first kappa shape index (κ1) is 18.6. The molecule has 11 heteroatoms. The Balaban J connectivity index is 2.36. The van der Waals surface area contributed by atoms with E-state index in [9.17, 15) is 26.7 Å². The Morgan fingerprint density at radius 1 is 1.33 bits per heavy atom. The van der Waals surface area contributed by atoms with E-state index in [0.29, 0.717) is 0 Å². The molecule has 3 N–H and O–H groups in total. The van der Waals surface area contributed by atoms with Gasteiger partial charge in [0.2, 0.25) is 15.9 Å². The number of carbonyl (C=O) groups excluding carboxylic acids is 1. The predicted molar refractivity (Wildman–Crippen MR) is 86.1 cm³/mol. The maximum atomic E-state index is 12.6. The number of benzene rings is 1. The Labute approximate surface area is 140 Å². The molecule has 0 unspecified atom stereocenters. The van der Waals surface area contributed by atoms with Crippen molar-refractivity contribution in [2.75, 3.05) is 23.9 Å². The number of anilines is 1. The fourth-order valence-electron chi connectivity index (χ4n) is 2.37. The van der Waals surface area contributed by atoms with Gasteiger partial charge in [0.15, 0.2) is 9.84 Å². The monoisotopic (exact) mass is 378 g/mol. The standard InChI is InChI=1S/C13H18N2O7S2/c1-8(16)14-9-3-4-12(22-2)13(5-9)24(20,21)15-10-6-23(18,19)7-11(10)17/h3-5,10-11,15,17H,6-7H2,1-2H3,(H,14,16)/t10-,11+/m0/s1. The highest BCUT2D eigenvalue weighted by Gasteiger charge is 2.39. The van der Waals surface area contributed by atoms with Gasteiger partial charge in [0.05, 0.1) is 30.8 Å². The molecule has 24 heavy (non-hydrogen) atoms. The van der Waals surface area contributed by atoms with Crippen LogP contribution in [-0.4, -0.2) is 58.6 Å². The van der Waals surface area contributed by atoms with Gasteiger partial charge >= 0.3 is 0 Å². The van der Waals surface area contributed by atoms with Gasteiger partial charge in [-0.2, -0.15) is 0 Å². The van der Waals surface area contributed by atoms with E-state index in [4.69, 9.17) is 4.74 Å². The number of hydrogen-bond donors (Lipinski definition) is 3. The Kier molecular flexibility index (Phi) is 5.18. The van der Waals surface area contributed by atoms with E-state index in [2.05, 4.69) is 10.0 Å². The Hall–Kier alpha value is -1.69. The highest BCUT2D eigenvalue weighted by atomic mass is 32.2. The summed E-state index contributed by atoms with van der Waals surface area (Å²) >= 11 is 0. The normalized spacial score (nSPS) is 23.0. The summed E-state index contributed by atoms with van der Waals surface area (Å²) in [7, 11) is -6.40. The minimum atomic E-state index is -4.18. The zero-order valence-electron chi connectivity index (χ0n) is 13.0. The maximum Gasteiger partial charge on any atom is 0.244 e.